The molecule has 7 nitrogen and oxygen atoms in total. The minimum atomic E-state index is -0.386. The van der Waals surface area contributed by atoms with E-state index in [0.717, 1.165) is 0 Å². The first-order valence-electron chi connectivity index (χ1n) is 6.99. The van der Waals surface area contributed by atoms with Crippen LogP contribution in [0.15, 0.2) is 14.4 Å². The molecule has 0 bridgehead atoms. The van der Waals surface area contributed by atoms with Crippen LogP contribution in [0.3, 0.4) is 0 Å². The Kier molecular flexibility index (Phi) is 3.69. The average Bonchev–Trinajstić information content (AvgIpc) is 2.72. The molecular weight excluding hydrogens is 260 g/mol. The Bertz CT molecular complexity index is 819. The highest BCUT2D eigenvalue weighted by atomic mass is 16.2. The molecule has 110 valence electrons. The molecule has 0 aliphatic heterocycles. The van der Waals surface area contributed by atoms with Crippen LogP contribution in [0.25, 0.3) is 11.2 Å². The number of hydrogen-bond acceptors (Lipinski definition) is 3. The number of hydrogen-bond donors (Lipinski definition) is 0. The second kappa shape index (κ2) is 5.15. The second-order valence-electron chi connectivity index (χ2n) is 4.52. The first-order valence-corrected chi connectivity index (χ1v) is 6.99. The van der Waals surface area contributed by atoms with Gasteiger partial charge in [0.25, 0.3) is 5.56 Å². The van der Waals surface area contributed by atoms with Crippen molar-refractivity contribution in [3.8, 4) is 0 Å². The van der Waals surface area contributed by atoms with Gasteiger partial charge in [-0.15, -0.1) is 0 Å². The van der Waals surface area contributed by atoms with E-state index >= 15 is 0 Å². The van der Waals surface area contributed by atoms with Gasteiger partial charge < -0.3 is 0 Å². The van der Waals surface area contributed by atoms with E-state index in [2.05, 4.69) is 0 Å². The van der Waals surface area contributed by atoms with Gasteiger partial charge in [-0.3, -0.25) is 23.1 Å². The molecule has 0 fully saturated rings. The molecule has 0 atom stereocenters. The molecule has 0 radical (unpaired) electrons. The highest BCUT2D eigenvalue weighted by Crippen LogP contribution is 2.07. The Balaban J connectivity index is 3.23. The fourth-order valence-corrected chi connectivity index (χ4v) is 2.66. The minimum Gasteiger partial charge on any atom is -0.286 e. The maximum atomic E-state index is 12.5. The summed E-state index contributed by atoms with van der Waals surface area (Å²) >= 11 is 0. The molecule has 0 unspecified atom stereocenters. The quantitative estimate of drug-likeness (QED) is 0.803. The SMILES string of the molecule is CCn1c(=O)c2c(n(CC)c1=O)n(CC)c(=O)n2CC. The zero-order valence-corrected chi connectivity index (χ0v) is 12.3. The molecule has 0 saturated carbocycles. The van der Waals surface area contributed by atoms with Gasteiger partial charge in [-0.25, -0.2) is 9.59 Å². The smallest absolute Gasteiger partial charge is 0.286 e. The largest absolute Gasteiger partial charge is 0.332 e. The van der Waals surface area contributed by atoms with Crippen LogP contribution in [-0.4, -0.2) is 18.3 Å². The fraction of sp³-hybridized carbons (Fsp3) is 0.615. The van der Waals surface area contributed by atoms with Crippen molar-refractivity contribution in [2.24, 2.45) is 0 Å². The molecule has 0 N–H and O–H groups in total. The van der Waals surface area contributed by atoms with Crippen molar-refractivity contribution in [2.75, 3.05) is 0 Å². The van der Waals surface area contributed by atoms with Gasteiger partial charge in [-0.2, -0.15) is 0 Å². The molecule has 0 aliphatic carbocycles. The van der Waals surface area contributed by atoms with Crippen molar-refractivity contribution in [3.63, 3.8) is 0 Å². The van der Waals surface area contributed by atoms with Gasteiger partial charge in [0.1, 0.15) is 0 Å². The van der Waals surface area contributed by atoms with Crippen LogP contribution in [-0.2, 0) is 26.2 Å². The van der Waals surface area contributed by atoms with Crippen LogP contribution >= 0.6 is 0 Å². The molecular formula is C13H20N4O3. The summed E-state index contributed by atoms with van der Waals surface area (Å²) in [6, 6.07) is 0. The second-order valence-corrected chi connectivity index (χ2v) is 4.52. The van der Waals surface area contributed by atoms with Crippen LogP contribution in [0.1, 0.15) is 27.7 Å². The van der Waals surface area contributed by atoms with Crippen molar-refractivity contribution in [1.29, 1.82) is 0 Å². The van der Waals surface area contributed by atoms with Gasteiger partial charge in [0.15, 0.2) is 11.2 Å². The van der Waals surface area contributed by atoms with Crippen molar-refractivity contribution in [1.82, 2.24) is 18.3 Å². The van der Waals surface area contributed by atoms with E-state index in [1.165, 1.54) is 18.3 Å². The number of imidazole rings is 1. The van der Waals surface area contributed by atoms with Crippen LogP contribution in [0.5, 0.6) is 0 Å². The van der Waals surface area contributed by atoms with Gasteiger partial charge in [0, 0.05) is 26.2 Å². The summed E-state index contributed by atoms with van der Waals surface area (Å²) in [6.07, 6.45) is 0. The lowest BCUT2D eigenvalue weighted by atomic mass is 10.4. The molecule has 0 aromatic carbocycles. The normalized spacial score (nSPS) is 11.4. The van der Waals surface area contributed by atoms with Crippen LogP contribution < -0.4 is 16.9 Å². The van der Waals surface area contributed by atoms with Crippen molar-refractivity contribution < 1.29 is 0 Å². The molecule has 2 aromatic rings. The lowest BCUT2D eigenvalue weighted by Crippen LogP contribution is -2.40. The van der Waals surface area contributed by atoms with Crippen molar-refractivity contribution in [3.05, 3.63) is 31.3 Å². The summed E-state index contributed by atoms with van der Waals surface area (Å²) in [6.45, 7) is 8.78. The topological polar surface area (TPSA) is 70.9 Å². The van der Waals surface area contributed by atoms with E-state index < -0.39 is 0 Å². The van der Waals surface area contributed by atoms with E-state index in [9.17, 15) is 14.4 Å². The first kappa shape index (κ1) is 14.4. The summed E-state index contributed by atoms with van der Waals surface area (Å²) in [5, 5.41) is 0. The summed E-state index contributed by atoms with van der Waals surface area (Å²) < 4.78 is 5.61. The van der Waals surface area contributed by atoms with Gasteiger partial charge in [0.2, 0.25) is 0 Å². The molecule has 7 heteroatoms. The number of aromatic nitrogens is 4. The summed E-state index contributed by atoms with van der Waals surface area (Å²) in [5.74, 6) is 0. The number of aryl methyl sites for hydroxylation is 3. The highest BCUT2D eigenvalue weighted by Gasteiger charge is 2.20. The zero-order valence-electron chi connectivity index (χ0n) is 12.3. The Morgan fingerprint density at radius 2 is 1.05 bits per heavy atom. The van der Waals surface area contributed by atoms with E-state index in [-0.39, 0.29) is 16.9 Å². The lowest BCUT2D eigenvalue weighted by Gasteiger charge is -2.10. The third kappa shape index (κ3) is 1.69. The van der Waals surface area contributed by atoms with Gasteiger partial charge in [-0.05, 0) is 27.7 Å². The molecule has 0 amide bonds. The molecule has 0 saturated heterocycles. The number of nitrogens with zero attached hydrogens (tertiary/aromatic N) is 4. The van der Waals surface area contributed by atoms with E-state index in [4.69, 9.17) is 0 Å². The molecule has 20 heavy (non-hydrogen) atoms. The fourth-order valence-electron chi connectivity index (χ4n) is 2.66. The Morgan fingerprint density at radius 1 is 0.650 bits per heavy atom. The zero-order chi connectivity index (χ0) is 15.0. The standard InChI is InChI=1S/C13H20N4O3/c1-5-14-9-10(15(6-2)12(14)19)16(7-3)13(20)17(8-4)11(9)18/h5-8H2,1-4H3. The van der Waals surface area contributed by atoms with Crippen LogP contribution in [0, 0.1) is 0 Å². The first-order chi connectivity index (χ1) is 9.53. The minimum absolute atomic E-state index is 0.238. The van der Waals surface area contributed by atoms with Crippen LogP contribution in [0.4, 0.5) is 0 Å². The Hall–Kier alpha value is -2.05. The highest BCUT2D eigenvalue weighted by molar-refractivity contribution is 5.71. The summed E-state index contributed by atoms with van der Waals surface area (Å²) in [7, 11) is 0. The Morgan fingerprint density at radius 3 is 1.45 bits per heavy atom. The predicted molar refractivity (Wildman–Crippen MR) is 77.4 cm³/mol. The van der Waals surface area contributed by atoms with Gasteiger partial charge in [-0.1, -0.05) is 0 Å². The average molecular weight is 280 g/mol. The summed E-state index contributed by atoms with van der Waals surface area (Å²) in [4.78, 5) is 37.2. The van der Waals surface area contributed by atoms with Crippen molar-refractivity contribution >= 4 is 11.2 Å². The Labute approximate surface area is 115 Å². The molecule has 0 spiro atoms. The third-order valence-electron chi connectivity index (χ3n) is 3.63. The third-order valence-corrected chi connectivity index (χ3v) is 3.63. The van der Waals surface area contributed by atoms with Gasteiger partial charge in [0.05, 0.1) is 0 Å². The van der Waals surface area contributed by atoms with Gasteiger partial charge >= 0.3 is 11.4 Å². The predicted octanol–water partition coefficient (Wildman–Crippen LogP) is 0.206. The van der Waals surface area contributed by atoms with Crippen molar-refractivity contribution in [2.45, 2.75) is 53.9 Å². The number of rotatable bonds is 4. The lowest BCUT2D eigenvalue weighted by molar-refractivity contribution is 0.593. The van der Waals surface area contributed by atoms with E-state index in [0.29, 0.717) is 37.3 Å². The monoisotopic (exact) mass is 280 g/mol. The molecule has 2 heterocycles. The van der Waals surface area contributed by atoms with Crippen LogP contribution in [0.2, 0.25) is 0 Å². The van der Waals surface area contributed by atoms with E-state index in [1.54, 1.807) is 6.92 Å². The summed E-state index contributed by atoms with van der Waals surface area (Å²) in [5.41, 5.74) is -0.229. The maximum Gasteiger partial charge on any atom is 0.332 e. The number of fused-ring (bicyclic) bond motifs is 1. The molecule has 2 rings (SSSR count). The molecule has 2 aromatic heterocycles. The maximum absolute atomic E-state index is 12.5. The molecule has 0 aliphatic rings. The van der Waals surface area contributed by atoms with E-state index in [1.807, 2.05) is 20.8 Å².